The van der Waals surface area contributed by atoms with Gasteiger partial charge >= 0.3 is 6.09 Å². The standard InChI is InChI=1S/C30H36F2N4O4/c1-30(10-11-30)23-9-8-21(16-24(23)32)27(20-6-4-3-5-7-20)33-28(38)25-17-22(31)18-36(25)26(37)19-40-29(39)35-14-12-34(2)13-15-35/h3-9,16,22,25,27H,10-15,17-19H2,1-2H3,(H,33,38)/t22-,25+,27+/m1/s1. The minimum absolute atomic E-state index is 0.150. The molecule has 5 rings (SSSR count). The Bertz CT molecular complexity index is 1250. The van der Waals surface area contributed by atoms with Crippen LogP contribution in [0.5, 0.6) is 0 Å². The summed E-state index contributed by atoms with van der Waals surface area (Å²) in [5.41, 5.74) is 1.80. The molecule has 214 valence electrons. The largest absolute Gasteiger partial charge is 0.439 e. The first kappa shape index (κ1) is 28.0. The number of ether oxygens (including phenoxy) is 1. The quantitative estimate of drug-likeness (QED) is 0.568. The summed E-state index contributed by atoms with van der Waals surface area (Å²) >= 11 is 0. The highest BCUT2D eigenvalue weighted by Gasteiger charge is 2.42. The highest BCUT2D eigenvalue weighted by Crippen LogP contribution is 2.48. The van der Waals surface area contributed by atoms with Crippen LogP contribution in [0.3, 0.4) is 0 Å². The number of rotatable bonds is 7. The molecule has 0 bridgehead atoms. The predicted molar refractivity (Wildman–Crippen MR) is 145 cm³/mol. The molecular formula is C30H36F2N4O4. The summed E-state index contributed by atoms with van der Waals surface area (Å²) in [5.74, 6) is -1.50. The Balaban J connectivity index is 1.28. The molecule has 3 atom stereocenters. The number of piperazine rings is 1. The summed E-state index contributed by atoms with van der Waals surface area (Å²) in [4.78, 5) is 43.7. The molecule has 40 heavy (non-hydrogen) atoms. The van der Waals surface area contributed by atoms with Crippen molar-refractivity contribution in [1.82, 2.24) is 20.0 Å². The van der Waals surface area contributed by atoms with Gasteiger partial charge in [0.25, 0.3) is 5.91 Å². The molecule has 3 fully saturated rings. The number of carbonyl (C=O) groups excluding carboxylic acids is 3. The maximum absolute atomic E-state index is 15.2. The van der Waals surface area contributed by atoms with Gasteiger partial charge in [-0.05, 0) is 48.1 Å². The van der Waals surface area contributed by atoms with E-state index in [1.165, 1.54) is 11.0 Å². The van der Waals surface area contributed by atoms with E-state index in [1.54, 1.807) is 6.07 Å². The lowest BCUT2D eigenvalue weighted by atomic mass is 9.92. The average molecular weight is 555 g/mol. The summed E-state index contributed by atoms with van der Waals surface area (Å²) in [6.07, 6.45) is -0.296. The van der Waals surface area contributed by atoms with E-state index in [9.17, 15) is 18.8 Å². The van der Waals surface area contributed by atoms with Gasteiger partial charge < -0.3 is 24.8 Å². The van der Waals surface area contributed by atoms with Gasteiger partial charge in [0.2, 0.25) is 5.91 Å². The number of nitrogens with one attached hydrogen (secondary N) is 1. The number of benzene rings is 2. The van der Waals surface area contributed by atoms with Crippen LogP contribution in [0.15, 0.2) is 48.5 Å². The van der Waals surface area contributed by atoms with Crippen LogP contribution < -0.4 is 5.32 Å². The minimum Gasteiger partial charge on any atom is -0.439 e. The summed E-state index contributed by atoms with van der Waals surface area (Å²) in [7, 11) is 1.96. The van der Waals surface area contributed by atoms with E-state index in [-0.39, 0.29) is 24.2 Å². The first-order valence-electron chi connectivity index (χ1n) is 13.8. The van der Waals surface area contributed by atoms with Crippen LogP contribution in [0.25, 0.3) is 0 Å². The molecule has 1 aliphatic carbocycles. The number of halogens is 2. The Hall–Kier alpha value is -3.53. The summed E-state index contributed by atoms with van der Waals surface area (Å²) in [6, 6.07) is 12.4. The fourth-order valence-electron chi connectivity index (χ4n) is 5.50. The second-order valence-corrected chi connectivity index (χ2v) is 11.4. The zero-order chi connectivity index (χ0) is 28.4. The SMILES string of the molecule is CN1CCN(C(=O)OCC(=O)N2C[C@H](F)C[C@H]2C(=O)N[C@@H](c2ccccc2)c2ccc(C3(C)CC3)c(F)c2)CC1. The third-order valence-corrected chi connectivity index (χ3v) is 8.35. The van der Waals surface area contributed by atoms with Crippen molar-refractivity contribution in [3.8, 4) is 0 Å². The summed E-state index contributed by atoms with van der Waals surface area (Å²) < 4.78 is 34.9. The molecule has 2 saturated heterocycles. The maximum Gasteiger partial charge on any atom is 0.410 e. The first-order chi connectivity index (χ1) is 19.1. The molecule has 0 aromatic heterocycles. The Morgan fingerprint density at radius 3 is 2.40 bits per heavy atom. The lowest BCUT2D eigenvalue weighted by Crippen LogP contribution is -2.50. The van der Waals surface area contributed by atoms with Crippen molar-refractivity contribution in [2.75, 3.05) is 46.4 Å². The van der Waals surface area contributed by atoms with Crippen LogP contribution in [0, 0.1) is 5.82 Å². The van der Waals surface area contributed by atoms with Crippen molar-refractivity contribution in [1.29, 1.82) is 0 Å². The number of likely N-dealkylation sites (N-methyl/N-ethyl adjacent to an activating group) is 1. The van der Waals surface area contributed by atoms with Gasteiger partial charge in [-0.1, -0.05) is 49.4 Å². The predicted octanol–water partition coefficient (Wildman–Crippen LogP) is 3.41. The molecule has 2 aliphatic heterocycles. The molecular weight excluding hydrogens is 518 g/mol. The summed E-state index contributed by atoms with van der Waals surface area (Å²) in [5, 5.41) is 2.93. The second kappa shape index (κ2) is 11.5. The van der Waals surface area contributed by atoms with Crippen molar-refractivity contribution in [2.24, 2.45) is 0 Å². The molecule has 0 spiro atoms. The van der Waals surface area contributed by atoms with Gasteiger partial charge in [-0.15, -0.1) is 0 Å². The Morgan fingerprint density at radius 2 is 1.75 bits per heavy atom. The molecule has 3 aliphatic rings. The Labute approximate surface area is 233 Å². The number of hydrogen-bond acceptors (Lipinski definition) is 5. The molecule has 0 radical (unpaired) electrons. The second-order valence-electron chi connectivity index (χ2n) is 11.4. The summed E-state index contributed by atoms with van der Waals surface area (Å²) in [6.45, 7) is 3.59. The lowest BCUT2D eigenvalue weighted by molar-refractivity contribution is -0.141. The van der Waals surface area contributed by atoms with E-state index >= 15 is 4.39 Å². The van der Waals surface area contributed by atoms with E-state index in [4.69, 9.17) is 4.74 Å². The van der Waals surface area contributed by atoms with Crippen LogP contribution in [0.4, 0.5) is 13.6 Å². The molecule has 3 amide bonds. The fourth-order valence-corrected chi connectivity index (χ4v) is 5.50. The van der Waals surface area contributed by atoms with Gasteiger partial charge in [0.1, 0.15) is 18.0 Å². The maximum atomic E-state index is 15.2. The molecule has 1 saturated carbocycles. The topological polar surface area (TPSA) is 82.2 Å². The van der Waals surface area contributed by atoms with Crippen LogP contribution in [0.2, 0.25) is 0 Å². The van der Waals surface area contributed by atoms with Gasteiger partial charge in [-0.3, -0.25) is 9.59 Å². The Morgan fingerprint density at radius 1 is 1.05 bits per heavy atom. The average Bonchev–Trinajstić information content (AvgIpc) is 3.57. The zero-order valence-corrected chi connectivity index (χ0v) is 22.9. The smallest absolute Gasteiger partial charge is 0.410 e. The van der Waals surface area contributed by atoms with Crippen molar-refractivity contribution in [3.63, 3.8) is 0 Å². The third kappa shape index (κ3) is 6.11. The van der Waals surface area contributed by atoms with Crippen molar-refractivity contribution in [3.05, 3.63) is 71.0 Å². The molecule has 2 heterocycles. The van der Waals surface area contributed by atoms with E-state index in [2.05, 4.69) is 10.2 Å². The number of nitrogens with zero attached hydrogens (tertiary/aromatic N) is 3. The highest BCUT2D eigenvalue weighted by molar-refractivity contribution is 5.90. The molecule has 2 aromatic rings. The van der Waals surface area contributed by atoms with Gasteiger partial charge in [-0.2, -0.15) is 0 Å². The van der Waals surface area contributed by atoms with Gasteiger partial charge in [-0.25, -0.2) is 13.6 Å². The monoisotopic (exact) mass is 554 g/mol. The van der Waals surface area contributed by atoms with E-state index in [0.717, 1.165) is 23.3 Å². The third-order valence-electron chi connectivity index (χ3n) is 8.35. The Kier molecular flexibility index (Phi) is 8.07. The van der Waals surface area contributed by atoms with Crippen LogP contribution in [-0.4, -0.2) is 91.2 Å². The number of carbonyl (C=O) groups is 3. The van der Waals surface area contributed by atoms with E-state index < -0.39 is 42.8 Å². The van der Waals surface area contributed by atoms with Crippen molar-refractivity contribution in [2.45, 2.75) is 49.9 Å². The van der Waals surface area contributed by atoms with Gasteiger partial charge in [0.15, 0.2) is 6.61 Å². The van der Waals surface area contributed by atoms with Gasteiger partial charge in [0.05, 0.1) is 12.6 Å². The normalized spacial score (nSPS) is 23.0. The highest BCUT2D eigenvalue weighted by atomic mass is 19.1. The molecule has 0 unspecified atom stereocenters. The minimum atomic E-state index is -1.39. The van der Waals surface area contributed by atoms with Crippen LogP contribution >= 0.6 is 0 Å². The number of likely N-dealkylation sites (tertiary alicyclic amines) is 1. The molecule has 1 N–H and O–H groups in total. The number of alkyl halides is 1. The van der Waals surface area contributed by atoms with Crippen molar-refractivity contribution >= 4 is 17.9 Å². The number of amides is 3. The zero-order valence-electron chi connectivity index (χ0n) is 22.9. The van der Waals surface area contributed by atoms with Crippen molar-refractivity contribution < 1.29 is 27.9 Å². The number of hydrogen-bond donors (Lipinski definition) is 1. The molecule has 10 heteroatoms. The molecule has 2 aromatic carbocycles. The lowest BCUT2D eigenvalue weighted by Gasteiger charge is -2.32. The van der Waals surface area contributed by atoms with Crippen LogP contribution in [0.1, 0.15) is 48.9 Å². The first-order valence-corrected chi connectivity index (χ1v) is 13.8. The fraction of sp³-hybridized carbons (Fsp3) is 0.500. The van der Waals surface area contributed by atoms with E-state index in [0.29, 0.717) is 37.3 Å². The molecule has 8 nitrogen and oxygen atoms in total. The van der Waals surface area contributed by atoms with Gasteiger partial charge in [0, 0.05) is 32.6 Å². The van der Waals surface area contributed by atoms with Crippen LogP contribution in [-0.2, 0) is 19.7 Å². The van der Waals surface area contributed by atoms with E-state index in [1.807, 2.05) is 50.4 Å².